The Hall–Kier alpha value is -2.05. The molecule has 24 heavy (non-hydrogen) atoms. The Morgan fingerprint density at radius 2 is 1.83 bits per heavy atom. The summed E-state index contributed by atoms with van der Waals surface area (Å²) < 4.78 is 38.3. The third-order valence-electron chi connectivity index (χ3n) is 4.91. The molecule has 7 heteroatoms. The van der Waals surface area contributed by atoms with Crippen LogP contribution in [-0.4, -0.2) is 35.0 Å². The van der Waals surface area contributed by atoms with E-state index in [0.717, 1.165) is 12.1 Å². The van der Waals surface area contributed by atoms with Gasteiger partial charge in [-0.15, -0.1) is 0 Å². The lowest BCUT2D eigenvalue weighted by atomic mass is 9.96. The van der Waals surface area contributed by atoms with Gasteiger partial charge >= 0.3 is 12.1 Å². The molecule has 1 N–H and O–H groups in total. The Balaban J connectivity index is 1.61. The van der Waals surface area contributed by atoms with Crippen molar-refractivity contribution in [2.24, 2.45) is 11.8 Å². The van der Waals surface area contributed by atoms with Crippen molar-refractivity contribution in [3.05, 3.63) is 35.4 Å². The monoisotopic (exact) mass is 341 g/mol. The molecule has 1 amide bonds. The van der Waals surface area contributed by atoms with Crippen molar-refractivity contribution in [2.75, 3.05) is 13.1 Å². The van der Waals surface area contributed by atoms with Gasteiger partial charge in [-0.2, -0.15) is 13.2 Å². The highest BCUT2D eigenvalue weighted by atomic mass is 19.4. The molecule has 1 aromatic rings. The average Bonchev–Trinajstić information content (AvgIpc) is 3.34. The largest absolute Gasteiger partial charge is 0.481 e. The van der Waals surface area contributed by atoms with E-state index < -0.39 is 23.6 Å². The molecule has 1 aliphatic carbocycles. The van der Waals surface area contributed by atoms with E-state index in [1.807, 2.05) is 0 Å². The fraction of sp³-hybridized carbons (Fsp3) is 0.529. The number of benzene rings is 1. The molecule has 4 nitrogen and oxygen atoms in total. The molecule has 1 aliphatic heterocycles. The normalized spacial score (nSPS) is 24.7. The van der Waals surface area contributed by atoms with Crippen LogP contribution in [0, 0.1) is 11.8 Å². The molecule has 130 valence electrons. The minimum absolute atomic E-state index is 0.0683. The van der Waals surface area contributed by atoms with E-state index >= 15 is 0 Å². The van der Waals surface area contributed by atoms with E-state index in [-0.39, 0.29) is 17.7 Å². The van der Waals surface area contributed by atoms with Crippen LogP contribution >= 0.6 is 0 Å². The van der Waals surface area contributed by atoms with Gasteiger partial charge in [0.25, 0.3) is 0 Å². The lowest BCUT2D eigenvalue weighted by Crippen LogP contribution is -2.41. The van der Waals surface area contributed by atoms with Gasteiger partial charge in [-0.3, -0.25) is 9.59 Å². The van der Waals surface area contributed by atoms with Crippen molar-refractivity contribution >= 4 is 11.9 Å². The second kappa shape index (κ2) is 6.11. The van der Waals surface area contributed by atoms with Gasteiger partial charge in [0.05, 0.1) is 11.5 Å². The number of halogens is 3. The number of rotatable bonds is 3. The first kappa shape index (κ1) is 16.8. The quantitative estimate of drug-likeness (QED) is 0.919. The topological polar surface area (TPSA) is 57.6 Å². The van der Waals surface area contributed by atoms with E-state index in [2.05, 4.69) is 0 Å². The molecule has 3 rings (SSSR count). The molecule has 2 fully saturated rings. The molecule has 0 bridgehead atoms. The van der Waals surface area contributed by atoms with E-state index in [1.54, 1.807) is 11.0 Å². The van der Waals surface area contributed by atoms with Crippen LogP contribution in [0.15, 0.2) is 24.3 Å². The van der Waals surface area contributed by atoms with Gasteiger partial charge in [0.2, 0.25) is 5.91 Å². The van der Waals surface area contributed by atoms with Crippen LogP contribution in [0.2, 0.25) is 0 Å². The van der Waals surface area contributed by atoms with Gasteiger partial charge in [0.1, 0.15) is 0 Å². The smallest absolute Gasteiger partial charge is 0.416 e. The molecule has 1 aromatic carbocycles. The zero-order chi connectivity index (χ0) is 17.5. The minimum Gasteiger partial charge on any atom is -0.481 e. The van der Waals surface area contributed by atoms with Gasteiger partial charge in [-0.1, -0.05) is 18.2 Å². The number of amides is 1. The summed E-state index contributed by atoms with van der Waals surface area (Å²) in [5.41, 5.74) is -0.149. The van der Waals surface area contributed by atoms with Crippen LogP contribution in [0.25, 0.3) is 0 Å². The summed E-state index contributed by atoms with van der Waals surface area (Å²) in [5, 5.41) is 8.97. The van der Waals surface area contributed by atoms with Crippen LogP contribution in [0.3, 0.4) is 0 Å². The van der Waals surface area contributed by atoms with Gasteiger partial charge in [-0.25, -0.2) is 0 Å². The van der Waals surface area contributed by atoms with Crippen LogP contribution in [0.4, 0.5) is 13.2 Å². The predicted molar refractivity (Wildman–Crippen MR) is 79.2 cm³/mol. The average molecular weight is 341 g/mol. The summed E-state index contributed by atoms with van der Waals surface area (Å²) in [5.74, 6) is -1.77. The molecule has 1 heterocycles. The van der Waals surface area contributed by atoms with Gasteiger partial charge in [0.15, 0.2) is 0 Å². The van der Waals surface area contributed by atoms with Crippen molar-refractivity contribution in [3.8, 4) is 0 Å². The summed E-state index contributed by atoms with van der Waals surface area (Å²) in [7, 11) is 0. The lowest BCUT2D eigenvalue weighted by Gasteiger charge is -2.30. The second-order valence-electron chi connectivity index (χ2n) is 6.51. The Morgan fingerprint density at radius 3 is 2.42 bits per heavy atom. The second-order valence-corrected chi connectivity index (χ2v) is 6.51. The highest BCUT2D eigenvalue weighted by molar-refractivity contribution is 5.83. The maximum Gasteiger partial charge on any atom is 0.416 e. The number of aliphatic carboxylic acids is 1. The Morgan fingerprint density at radius 1 is 1.17 bits per heavy atom. The maximum atomic E-state index is 12.8. The molecular weight excluding hydrogens is 323 g/mol. The number of piperidine rings is 1. The number of carbonyl (C=O) groups is 2. The van der Waals surface area contributed by atoms with Crippen molar-refractivity contribution in [1.29, 1.82) is 0 Å². The molecule has 0 radical (unpaired) electrons. The van der Waals surface area contributed by atoms with Crippen molar-refractivity contribution in [1.82, 2.24) is 4.90 Å². The number of alkyl halides is 3. The number of likely N-dealkylation sites (tertiary alicyclic amines) is 1. The van der Waals surface area contributed by atoms with Crippen LogP contribution in [-0.2, 0) is 15.8 Å². The zero-order valence-corrected chi connectivity index (χ0v) is 12.9. The number of carboxylic acids is 1. The van der Waals surface area contributed by atoms with E-state index in [1.165, 1.54) is 6.07 Å². The SMILES string of the molecule is O=C(O)C1CCN(C(=O)[C@H]2C[C@@H]2c2cccc(C(F)(F)F)c2)CC1. The number of nitrogens with zero attached hydrogens (tertiary/aromatic N) is 1. The fourth-order valence-corrected chi connectivity index (χ4v) is 3.36. The number of hydrogen-bond donors (Lipinski definition) is 1. The van der Waals surface area contributed by atoms with Gasteiger partial charge in [0, 0.05) is 19.0 Å². The molecule has 0 aromatic heterocycles. The minimum atomic E-state index is -4.39. The molecular formula is C17H18F3NO3. The van der Waals surface area contributed by atoms with E-state index in [9.17, 15) is 22.8 Å². The first-order chi connectivity index (χ1) is 11.3. The summed E-state index contributed by atoms with van der Waals surface area (Å²) in [6.45, 7) is 0.809. The summed E-state index contributed by atoms with van der Waals surface area (Å²) in [4.78, 5) is 25.0. The van der Waals surface area contributed by atoms with Crippen molar-refractivity contribution in [3.63, 3.8) is 0 Å². The summed E-state index contributed by atoms with van der Waals surface area (Å²) in [6, 6.07) is 5.15. The first-order valence-electron chi connectivity index (χ1n) is 7.96. The Kier molecular flexibility index (Phi) is 4.27. The van der Waals surface area contributed by atoms with E-state index in [4.69, 9.17) is 5.11 Å². The van der Waals surface area contributed by atoms with Crippen LogP contribution < -0.4 is 0 Å². The maximum absolute atomic E-state index is 12.8. The van der Waals surface area contributed by atoms with Crippen molar-refractivity contribution in [2.45, 2.75) is 31.4 Å². The summed E-state index contributed by atoms with van der Waals surface area (Å²) in [6.07, 6.45) is -2.97. The van der Waals surface area contributed by atoms with Gasteiger partial charge in [-0.05, 0) is 36.8 Å². The molecule has 2 atom stereocenters. The van der Waals surface area contributed by atoms with Gasteiger partial charge < -0.3 is 10.0 Å². The fourth-order valence-electron chi connectivity index (χ4n) is 3.36. The van der Waals surface area contributed by atoms with Crippen LogP contribution in [0.1, 0.15) is 36.3 Å². The third kappa shape index (κ3) is 3.39. The molecule has 0 unspecified atom stereocenters. The zero-order valence-electron chi connectivity index (χ0n) is 12.9. The number of carbonyl (C=O) groups excluding carboxylic acids is 1. The van der Waals surface area contributed by atoms with Crippen molar-refractivity contribution < 1.29 is 27.9 Å². The molecule has 0 spiro atoms. The summed E-state index contributed by atoms with van der Waals surface area (Å²) >= 11 is 0. The van der Waals surface area contributed by atoms with Crippen LogP contribution in [0.5, 0.6) is 0 Å². The molecule has 1 saturated heterocycles. The highest BCUT2D eigenvalue weighted by Gasteiger charge is 2.47. The predicted octanol–water partition coefficient (Wildman–Crippen LogP) is 3.13. The first-order valence-corrected chi connectivity index (χ1v) is 7.96. The number of hydrogen-bond acceptors (Lipinski definition) is 2. The number of carboxylic acid groups (broad SMARTS) is 1. The Labute approximate surface area is 137 Å². The standard InChI is InChI=1S/C17H18F3NO3/c18-17(19,20)12-3-1-2-11(8-12)13-9-14(13)15(22)21-6-4-10(5-7-21)16(23)24/h1-3,8,10,13-14H,4-7,9H2,(H,23,24)/t13-,14+/m1/s1. The molecule has 1 saturated carbocycles. The Bertz CT molecular complexity index is 651. The molecule has 2 aliphatic rings. The van der Waals surface area contributed by atoms with E-state index in [0.29, 0.717) is 37.9 Å². The third-order valence-corrected chi connectivity index (χ3v) is 4.91. The lowest BCUT2D eigenvalue weighted by molar-refractivity contribution is -0.146. The highest BCUT2D eigenvalue weighted by Crippen LogP contribution is 2.49.